The number of rotatable bonds is 5. The summed E-state index contributed by atoms with van der Waals surface area (Å²) in [4.78, 5) is 7.88. The van der Waals surface area contributed by atoms with Crippen LogP contribution in [-0.4, -0.2) is 26.8 Å². The van der Waals surface area contributed by atoms with Crippen molar-refractivity contribution < 1.29 is 9.47 Å². The number of ether oxygens (including phenoxy) is 2. The van der Waals surface area contributed by atoms with Crippen molar-refractivity contribution in [1.29, 1.82) is 0 Å². The van der Waals surface area contributed by atoms with Gasteiger partial charge in [0.05, 0.1) is 6.61 Å². The summed E-state index contributed by atoms with van der Waals surface area (Å²) in [5.74, 6) is 1.11. The van der Waals surface area contributed by atoms with Crippen molar-refractivity contribution in [3.8, 4) is 17.6 Å². The van der Waals surface area contributed by atoms with E-state index in [1.165, 1.54) is 0 Å². The summed E-state index contributed by atoms with van der Waals surface area (Å²) in [6.07, 6.45) is 0.915. The molecule has 0 spiro atoms. The van der Waals surface area contributed by atoms with Gasteiger partial charge in [-0.1, -0.05) is 6.92 Å². The first-order valence-electron chi connectivity index (χ1n) is 5.83. The molecule has 2 rings (SSSR count). The molecular weight excluding hydrogens is 268 g/mol. The van der Waals surface area contributed by atoms with E-state index in [2.05, 4.69) is 20.2 Å². The molecule has 2 heterocycles. The zero-order chi connectivity index (χ0) is 13.7. The molecule has 0 aliphatic carbocycles. The second-order valence-corrected chi connectivity index (χ2v) is 4.11. The number of hydrogen-bond acceptors (Lipinski definition) is 6. The van der Waals surface area contributed by atoms with Crippen molar-refractivity contribution in [2.45, 2.75) is 20.3 Å². The molecule has 0 fully saturated rings. The highest BCUT2D eigenvalue weighted by Crippen LogP contribution is 2.19. The van der Waals surface area contributed by atoms with Crippen molar-refractivity contribution in [1.82, 2.24) is 20.2 Å². The highest BCUT2D eigenvalue weighted by atomic mass is 35.5. The van der Waals surface area contributed by atoms with Gasteiger partial charge in [-0.15, -0.1) is 10.2 Å². The van der Waals surface area contributed by atoms with Crippen LogP contribution in [0.25, 0.3) is 0 Å². The largest absolute Gasteiger partial charge is 0.477 e. The topological polar surface area (TPSA) is 70.0 Å². The zero-order valence-electron chi connectivity index (χ0n) is 10.6. The summed E-state index contributed by atoms with van der Waals surface area (Å²) in [6.45, 7) is 4.43. The standard InChI is InChI=1S/C12H13ClN4O2/c1-3-6-18-9-4-5-10(17-16-9)19-11-7-8(2)14-12(13)15-11/h4-5,7H,3,6H2,1-2H3. The van der Waals surface area contributed by atoms with E-state index in [1.807, 2.05) is 6.92 Å². The second-order valence-electron chi connectivity index (χ2n) is 3.78. The second kappa shape index (κ2) is 6.29. The SMILES string of the molecule is CCCOc1ccc(Oc2cc(C)nc(Cl)n2)nn1. The van der Waals surface area contributed by atoms with Crippen molar-refractivity contribution in [3.05, 3.63) is 29.2 Å². The summed E-state index contributed by atoms with van der Waals surface area (Å²) in [5, 5.41) is 7.90. The molecule has 19 heavy (non-hydrogen) atoms. The summed E-state index contributed by atoms with van der Waals surface area (Å²) in [5.41, 5.74) is 0.714. The molecule has 0 amide bonds. The third-order valence-electron chi connectivity index (χ3n) is 2.08. The quantitative estimate of drug-likeness (QED) is 0.784. The van der Waals surface area contributed by atoms with E-state index >= 15 is 0 Å². The molecule has 6 nitrogen and oxygen atoms in total. The third-order valence-corrected chi connectivity index (χ3v) is 2.25. The Bertz CT molecular complexity index is 528. The van der Waals surface area contributed by atoms with Crippen LogP contribution in [0.4, 0.5) is 0 Å². The monoisotopic (exact) mass is 280 g/mol. The van der Waals surface area contributed by atoms with Gasteiger partial charge >= 0.3 is 0 Å². The molecule has 0 atom stereocenters. The fourth-order valence-corrected chi connectivity index (χ4v) is 1.53. The van der Waals surface area contributed by atoms with Gasteiger partial charge in [0.25, 0.3) is 0 Å². The smallest absolute Gasteiger partial charge is 0.241 e. The minimum Gasteiger partial charge on any atom is -0.477 e. The molecular formula is C12H13ClN4O2. The molecule has 0 unspecified atom stereocenters. The van der Waals surface area contributed by atoms with Crippen LogP contribution in [0.15, 0.2) is 18.2 Å². The Kier molecular flexibility index (Phi) is 4.46. The Labute approximate surface area is 115 Å². The Morgan fingerprint density at radius 1 is 1.11 bits per heavy atom. The maximum atomic E-state index is 5.74. The fraction of sp³-hybridized carbons (Fsp3) is 0.333. The number of nitrogens with zero attached hydrogens (tertiary/aromatic N) is 4. The van der Waals surface area contributed by atoms with Crippen LogP contribution in [0.3, 0.4) is 0 Å². The summed E-state index contributed by atoms with van der Waals surface area (Å²) in [6, 6.07) is 5.01. The molecule has 100 valence electrons. The molecule has 0 saturated carbocycles. The van der Waals surface area contributed by atoms with Crippen LogP contribution < -0.4 is 9.47 Å². The lowest BCUT2D eigenvalue weighted by molar-refractivity contribution is 0.299. The average molecular weight is 281 g/mol. The van der Waals surface area contributed by atoms with Gasteiger partial charge in [-0.2, -0.15) is 4.98 Å². The van der Waals surface area contributed by atoms with E-state index in [4.69, 9.17) is 21.1 Å². The summed E-state index contributed by atoms with van der Waals surface area (Å²) >= 11 is 5.74. The van der Waals surface area contributed by atoms with Crippen LogP contribution in [-0.2, 0) is 0 Å². The molecule has 0 bridgehead atoms. The molecule has 0 radical (unpaired) electrons. The van der Waals surface area contributed by atoms with Gasteiger partial charge in [-0.25, -0.2) is 4.98 Å². The van der Waals surface area contributed by atoms with Crippen LogP contribution >= 0.6 is 11.6 Å². The van der Waals surface area contributed by atoms with Crippen LogP contribution in [0.2, 0.25) is 5.28 Å². The van der Waals surface area contributed by atoms with Crippen LogP contribution in [0.1, 0.15) is 19.0 Å². The molecule has 7 heteroatoms. The lowest BCUT2D eigenvalue weighted by Gasteiger charge is -2.05. The van der Waals surface area contributed by atoms with Gasteiger partial charge in [0.15, 0.2) is 0 Å². The van der Waals surface area contributed by atoms with Crippen LogP contribution in [0, 0.1) is 6.92 Å². The van der Waals surface area contributed by atoms with Crippen molar-refractivity contribution >= 4 is 11.6 Å². The van der Waals surface area contributed by atoms with Crippen molar-refractivity contribution in [3.63, 3.8) is 0 Å². The van der Waals surface area contributed by atoms with Crippen molar-refractivity contribution in [2.24, 2.45) is 0 Å². The van der Waals surface area contributed by atoms with Crippen LogP contribution in [0.5, 0.6) is 17.6 Å². The number of aryl methyl sites for hydroxylation is 1. The number of halogens is 1. The molecule has 0 aliphatic rings. The minimum atomic E-state index is 0.130. The predicted molar refractivity (Wildman–Crippen MR) is 69.7 cm³/mol. The summed E-state index contributed by atoms with van der Waals surface area (Å²) < 4.78 is 10.8. The van der Waals surface area contributed by atoms with Gasteiger partial charge in [-0.05, 0) is 24.9 Å². The first kappa shape index (κ1) is 13.5. The van der Waals surface area contributed by atoms with E-state index in [0.717, 1.165) is 6.42 Å². The Morgan fingerprint density at radius 2 is 1.84 bits per heavy atom. The molecule has 0 saturated heterocycles. The van der Waals surface area contributed by atoms with Gasteiger partial charge < -0.3 is 9.47 Å². The number of aromatic nitrogens is 4. The first-order chi connectivity index (χ1) is 9.17. The molecule has 0 aliphatic heterocycles. The Morgan fingerprint density at radius 3 is 2.47 bits per heavy atom. The van der Waals surface area contributed by atoms with Gasteiger partial charge in [-0.3, -0.25) is 0 Å². The van der Waals surface area contributed by atoms with Gasteiger partial charge in [0, 0.05) is 23.9 Å². The first-order valence-corrected chi connectivity index (χ1v) is 6.20. The van der Waals surface area contributed by atoms with E-state index in [1.54, 1.807) is 25.1 Å². The van der Waals surface area contributed by atoms with E-state index < -0.39 is 0 Å². The molecule has 0 aromatic carbocycles. The minimum absolute atomic E-state index is 0.130. The van der Waals surface area contributed by atoms with E-state index in [9.17, 15) is 0 Å². The highest BCUT2D eigenvalue weighted by molar-refractivity contribution is 6.28. The van der Waals surface area contributed by atoms with E-state index in [-0.39, 0.29) is 5.28 Å². The Hall–Kier alpha value is -1.95. The highest BCUT2D eigenvalue weighted by Gasteiger charge is 2.05. The average Bonchev–Trinajstić information content (AvgIpc) is 2.37. The Balaban J connectivity index is 2.06. The molecule has 2 aromatic heterocycles. The normalized spacial score (nSPS) is 10.3. The summed E-state index contributed by atoms with van der Waals surface area (Å²) in [7, 11) is 0. The van der Waals surface area contributed by atoms with Gasteiger partial charge in [0.2, 0.25) is 22.9 Å². The molecule has 0 N–H and O–H groups in total. The predicted octanol–water partition coefficient (Wildman–Crippen LogP) is 2.81. The number of hydrogen-bond donors (Lipinski definition) is 0. The molecule has 2 aromatic rings. The van der Waals surface area contributed by atoms with E-state index in [0.29, 0.717) is 29.9 Å². The lowest BCUT2D eigenvalue weighted by Crippen LogP contribution is -1.99. The lowest BCUT2D eigenvalue weighted by atomic mass is 10.4. The fourth-order valence-electron chi connectivity index (χ4n) is 1.31. The zero-order valence-corrected chi connectivity index (χ0v) is 11.4. The van der Waals surface area contributed by atoms with Gasteiger partial charge in [0.1, 0.15) is 0 Å². The maximum Gasteiger partial charge on any atom is 0.241 e. The maximum absolute atomic E-state index is 5.74. The third kappa shape index (κ3) is 4.03. The van der Waals surface area contributed by atoms with Crippen molar-refractivity contribution in [2.75, 3.05) is 6.61 Å².